The molecule has 0 spiro atoms. The van der Waals surface area contributed by atoms with Crippen LogP contribution in [0.15, 0.2) is 0 Å². The molecule has 2 saturated heterocycles. The van der Waals surface area contributed by atoms with Gasteiger partial charge in [-0.25, -0.2) is 0 Å². The van der Waals surface area contributed by atoms with E-state index in [1.54, 1.807) is 0 Å². The second-order valence-corrected chi connectivity index (χ2v) is 3.52. The van der Waals surface area contributed by atoms with Crippen LogP contribution >= 0.6 is 0 Å². The van der Waals surface area contributed by atoms with Gasteiger partial charge in [-0.2, -0.15) is 0 Å². The highest BCUT2D eigenvalue weighted by atomic mass is 16.2. The van der Waals surface area contributed by atoms with Crippen LogP contribution in [0.3, 0.4) is 0 Å². The van der Waals surface area contributed by atoms with Gasteiger partial charge in [0.25, 0.3) is 0 Å². The summed E-state index contributed by atoms with van der Waals surface area (Å²) >= 11 is 0. The van der Waals surface area contributed by atoms with Gasteiger partial charge in [0, 0.05) is 19.5 Å². The van der Waals surface area contributed by atoms with E-state index < -0.39 is 0 Å². The second kappa shape index (κ2) is 3.33. The minimum absolute atomic E-state index is 0.0214. The van der Waals surface area contributed by atoms with Gasteiger partial charge in [-0.15, -0.1) is 0 Å². The zero-order chi connectivity index (χ0) is 9.26. The Kier molecular flexibility index (Phi) is 2.18. The van der Waals surface area contributed by atoms with Crippen LogP contribution in [0.2, 0.25) is 0 Å². The third-order valence-corrected chi connectivity index (χ3v) is 2.44. The van der Waals surface area contributed by atoms with Crippen LogP contribution in [-0.4, -0.2) is 37.0 Å². The first-order chi connectivity index (χ1) is 6.25. The fraction of sp³-hybridized carbons (Fsp3) is 0.750. The van der Waals surface area contributed by atoms with Crippen molar-refractivity contribution in [2.24, 2.45) is 0 Å². The molecule has 13 heavy (non-hydrogen) atoms. The predicted octanol–water partition coefficient (Wildman–Crippen LogP) is -1.65. The van der Waals surface area contributed by atoms with Gasteiger partial charge >= 0.3 is 0 Å². The third-order valence-electron chi connectivity index (χ3n) is 2.44. The molecule has 5 heteroatoms. The normalized spacial score (nSPS) is 28.0. The van der Waals surface area contributed by atoms with Gasteiger partial charge in [0.15, 0.2) is 0 Å². The number of nitrogens with one attached hydrogen (secondary N) is 3. The van der Waals surface area contributed by atoms with Crippen molar-refractivity contribution in [2.45, 2.75) is 24.9 Å². The lowest BCUT2D eigenvalue weighted by atomic mass is 10.1. The maximum atomic E-state index is 11.4. The Bertz CT molecular complexity index is 238. The standard InChI is InChI=1S/C8H13N3O2/c12-7-2-1-6(11-7)8(13)10-5-3-9-4-5/h5-6,9H,1-4H2,(H,10,13)(H,11,12). The molecule has 2 rings (SSSR count). The van der Waals surface area contributed by atoms with Crippen LogP contribution in [0.4, 0.5) is 0 Å². The maximum Gasteiger partial charge on any atom is 0.242 e. The summed E-state index contributed by atoms with van der Waals surface area (Å²) in [6.07, 6.45) is 1.10. The molecule has 72 valence electrons. The summed E-state index contributed by atoms with van der Waals surface area (Å²) in [6, 6.07) is -0.0434. The molecule has 0 saturated carbocycles. The minimum atomic E-state index is -0.298. The molecule has 0 aromatic heterocycles. The lowest BCUT2D eigenvalue weighted by Crippen LogP contribution is -2.59. The lowest BCUT2D eigenvalue weighted by molar-refractivity contribution is -0.126. The molecule has 1 atom stereocenters. The summed E-state index contributed by atoms with van der Waals surface area (Å²) in [5.41, 5.74) is 0. The zero-order valence-corrected chi connectivity index (χ0v) is 7.30. The van der Waals surface area contributed by atoms with Gasteiger partial charge in [-0.05, 0) is 6.42 Å². The highest BCUT2D eigenvalue weighted by Gasteiger charge is 2.29. The van der Waals surface area contributed by atoms with Crippen LogP contribution in [0, 0.1) is 0 Å². The molecule has 2 aliphatic rings. The Morgan fingerprint density at radius 3 is 2.69 bits per heavy atom. The summed E-state index contributed by atoms with van der Waals surface area (Å²) in [5.74, 6) is -0.0655. The average molecular weight is 183 g/mol. The van der Waals surface area contributed by atoms with Crippen molar-refractivity contribution in [2.75, 3.05) is 13.1 Å². The summed E-state index contributed by atoms with van der Waals surface area (Å²) < 4.78 is 0. The molecule has 0 aromatic carbocycles. The molecule has 2 amide bonds. The Hall–Kier alpha value is -1.10. The van der Waals surface area contributed by atoms with E-state index in [2.05, 4.69) is 16.0 Å². The van der Waals surface area contributed by atoms with E-state index in [0.29, 0.717) is 12.8 Å². The van der Waals surface area contributed by atoms with Crippen LogP contribution in [0.25, 0.3) is 0 Å². The largest absolute Gasteiger partial charge is 0.349 e. The highest BCUT2D eigenvalue weighted by Crippen LogP contribution is 2.06. The molecule has 0 aromatic rings. The maximum absolute atomic E-state index is 11.4. The van der Waals surface area contributed by atoms with Crippen molar-refractivity contribution < 1.29 is 9.59 Å². The van der Waals surface area contributed by atoms with Crippen LogP contribution in [0.1, 0.15) is 12.8 Å². The number of amides is 2. The van der Waals surface area contributed by atoms with Crippen LogP contribution in [-0.2, 0) is 9.59 Å². The smallest absolute Gasteiger partial charge is 0.242 e. The fourth-order valence-corrected chi connectivity index (χ4v) is 1.50. The monoisotopic (exact) mass is 183 g/mol. The van der Waals surface area contributed by atoms with E-state index in [1.165, 1.54) is 0 Å². The first-order valence-electron chi connectivity index (χ1n) is 4.56. The zero-order valence-electron chi connectivity index (χ0n) is 7.30. The molecule has 0 radical (unpaired) electrons. The Balaban J connectivity index is 1.79. The van der Waals surface area contributed by atoms with Gasteiger partial charge in [0.1, 0.15) is 6.04 Å². The molecule has 2 heterocycles. The van der Waals surface area contributed by atoms with Gasteiger partial charge in [0.05, 0.1) is 6.04 Å². The molecule has 1 unspecified atom stereocenters. The molecule has 3 N–H and O–H groups in total. The lowest BCUT2D eigenvalue weighted by Gasteiger charge is -2.28. The van der Waals surface area contributed by atoms with Crippen molar-refractivity contribution >= 4 is 11.8 Å². The van der Waals surface area contributed by atoms with E-state index in [9.17, 15) is 9.59 Å². The van der Waals surface area contributed by atoms with Gasteiger partial charge in [-0.1, -0.05) is 0 Å². The Morgan fingerprint density at radius 2 is 2.23 bits per heavy atom. The van der Waals surface area contributed by atoms with Crippen LogP contribution in [0.5, 0.6) is 0 Å². The van der Waals surface area contributed by atoms with Crippen molar-refractivity contribution in [3.05, 3.63) is 0 Å². The van der Waals surface area contributed by atoms with E-state index in [-0.39, 0.29) is 23.9 Å². The molecule has 0 aliphatic carbocycles. The number of hydrogen-bond acceptors (Lipinski definition) is 3. The van der Waals surface area contributed by atoms with Crippen molar-refractivity contribution in [1.29, 1.82) is 0 Å². The second-order valence-electron chi connectivity index (χ2n) is 3.52. The molecule has 0 bridgehead atoms. The first-order valence-corrected chi connectivity index (χ1v) is 4.56. The topological polar surface area (TPSA) is 70.2 Å². The molecular weight excluding hydrogens is 170 g/mol. The van der Waals surface area contributed by atoms with E-state index in [1.807, 2.05) is 0 Å². The average Bonchev–Trinajstić information content (AvgIpc) is 2.44. The molecular formula is C8H13N3O2. The summed E-state index contributed by atoms with van der Waals surface area (Å²) in [7, 11) is 0. The van der Waals surface area contributed by atoms with Crippen molar-refractivity contribution in [3.63, 3.8) is 0 Å². The van der Waals surface area contributed by atoms with Gasteiger partial charge in [-0.3, -0.25) is 9.59 Å². The fourth-order valence-electron chi connectivity index (χ4n) is 1.50. The summed E-state index contributed by atoms with van der Waals surface area (Å²) in [6.45, 7) is 1.68. The number of carbonyl (C=O) groups is 2. The third kappa shape index (κ3) is 1.80. The highest BCUT2D eigenvalue weighted by molar-refractivity contribution is 5.90. The van der Waals surface area contributed by atoms with E-state index in [4.69, 9.17) is 0 Å². The predicted molar refractivity (Wildman–Crippen MR) is 46.0 cm³/mol. The van der Waals surface area contributed by atoms with Gasteiger partial charge < -0.3 is 16.0 Å². The number of rotatable bonds is 2. The molecule has 2 fully saturated rings. The van der Waals surface area contributed by atoms with E-state index in [0.717, 1.165) is 13.1 Å². The Labute approximate surface area is 76.3 Å². The molecule has 2 aliphatic heterocycles. The molecule has 5 nitrogen and oxygen atoms in total. The van der Waals surface area contributed by atoms with Crippen LogP contribution < -0.4 is 16.0 Å². The van der Waals surface area contributed by atoms with Crippen molar-refractivity contribution in [3.8, 4) is 0 Å². The first kappa shape index (κ1) is 8.50. The quantitative estimate of drug-likeness (QED) is 0.480. The van der Waals surface area contributed by atoms with E-state index >= 15 is 0 Å². The number of carbonyl (C=O) groups excluding carboxylic acids is 2. The summed E-state index contributed by atoms with van der Waals surface area (Å²) in [5, 5.41) is 8.56. The summed E-state index contributed by atoms with van der Waals surface area (Å²) in [4.78, 5) is 22.3. The number of hydrogen-bond donors (Lipinski definition) is 3. The van der Waals surface area contributed by atoms with Gasteiger partial charge in [0.2, 0.25) is 11.8 Å². The Morgan fingerprint density at radius 1 is 1.46 bits per heavy atom. The minimum Gasteiger partial charge on any atom is -0.349 e. The SMILES string of the molecule is O=C1CCC(C(=O)NC2CNC2)N1. The van der Waals surface area contributed by atoms with Crippen molar-refractivity contribution in [1.82, 2.24) is 16.0 Å².